The van der Waals surface area contributed by atoms with E-state index in [0.29, 0.717) is 42.4 Å². The number of benzene rings is 2. The fourth-order valence-corrected chi connectivity index (χ4v) is 2.31. The van der Waals surface area contributed by atoms with Gasteiger partial charge in [0.1, 0.15) is 30.3 Å². The van der Waals surface area contributed by atoms with Gasteiger partial charge in [0.2, 0.25) is 0 Å². The number of urea groups is 1. The highest BCUT2D eigenvalue weighted by molar-refractivity contribution is 5.89. The molecule has 2 rings (SSSR count). The van der Waals surface area contributed by atoms with Gasteiger partial charge in [-0.2, -0.15) is 5.26 Å². The molecule has 2 amide bonds. The molecule has 8 heteroatoms. The lowest BCUT2D eigenvalue weighted by Crippen LogP contribution is -2.38. The monoisotopic (exact) mass is 383 g/mol. The number of aliphatic hydroxyl groups is 1. The average Bonchev–Trinajstić information content (AvgIpc) is 2.72. The molecule has 1 atom stereocenters. The van der Waals surface area contributed by atoms with Crippen molar-refractivity contribution in [3.8, 4) is 17.6 Å². The molecule has 0 aliphatic rings. The Hall–Kier alpha value is -3.28. The second-order valence-electron chi connectivity index (χ2n) is 5.89. The van der Waals surface area contributed by atoms with Crippen LogP contribution in [-0.2, 0) is 0 Å². The largest absolute Gasteiger partial charge is 0.497 e. The molecule has 4 N–H and O–H groups in total. The van der Waals surface area contributed by atoms with Gasteiger partial charge in [0.05, 0.1) is 12.7 Å². The Bertz CT molecular complexity index is 790. The minimum absolute atomic E-state index is 0.0665. The van der Waals surface area contributed by atoms with Crippen LogP contribution in [0.25, 0.3) is 0 Å². The molecule has 2 aromatic rings. The van der Waals surface area contributed by atoms with Crippen molar-refractivity contribution in [3.05, 3.63) is 54.1 Å². The zero-order chi connectivity index (χ0) is 20.2. The number of nitrogens with zero attached hydrogens (tertiary/aromatic N) is 1. The molecule has 0 bridgehead atoms. The quantitative estimate of drug-likeness (QED) is 0.464. The number of aliphatic hydroxyl groups excluding tert-OH is 1. The summed E-state index contributed by atoms with van der Waals surface area (Å²) in [6.45, 7) is 1.25. The molecule has 0 saturated heterocycles. The molecule has 0 saturated carbocycles. The van der Waals surface area contributed by atoms with Crippen LogP contribution < -0.4 is 25.4 Å². The van der Waals surface area contributed by atoms with Crippen molar-refractivity contribution in [3.63, 3.8) is 0 Å². The molecule has 8 nitrogen and oxygen atoms in total. The smallest absolute Gasteiger partial charge is 0.319 e. The topological polar surface area (TPSA) is 116 Å². The van der Waals surface area contributed by atoms with Crippen LogP contribution in [0.3, 0.4) is 0 Å². The molecule has 0 aromatic heterocycles. The van der Waals surface area contributed by atoms with Crippen LogP contribution in [0.4, 0.5) is 10.5 Å². The zero-order valence-corrected chi connectivity index (χ0v) is 15.6. The number of nitriles is 1. The van der Waals surface area contributed by atoms with E-state index in [1.165, 1.54) is 0 Å². The maximum absolute atomic E-state index is 11.8. The number of hydrogen-bond donors (Lipinski definition) is 4. The number of ether oxygens (including phenoxy) is 2. The molecule has 28 heavy (non-hydrogen) atoms. The third kappa shape index (κ3) is 7.15. The van der Waals surface area contributed by atoms with Crippen LogP contribution in [0.1, 0.15) is 5.56 Å². The van der Waals surface area contributed by atoms with Gasteiger partial charge in [-0.25, -0.2) is 4.79 Å². The van der Waals surface area contributed by atoms with Crippen LogP contribution in [-0.4, -0.2) is 50.6 Å². The number of carbonyl (C=O) groups is 1. The van der Waals surface area contributed by atoms with Gasteiger partial charge in [-0.15, -0.1) is 0 Å². The molecule has 0 radical (unpaired) electrons. The normalized spacial score (nSPS) is 11.2. The summed E-state index contributed by atoms with van der Waals surface area (Å²) < 4.78 is 10.5. The molecule has 0 aliphatic heterocycles. The molecule has 0 aliphatic carbocycles. The lowest BCUT2D eigenvalue weighted by Gasteiger charge is -2.14. The van der Waals surface area contributed by atoms with Crippen molar-refractivity contribution < 1.29 is 19.4 Å². The lowest BCUT2D eigenvalue weighted by atomic mass is 10.2. The fraction of sp³-hybridized carbons (Fsp3) is 0.300. The second-order valence-corrected chi connectivity index (χ2v) is 5.89. The summed E-state index contributed by atoms with van der Waals surface area (Å²) in [5.74, 6) is 1.16. The van der Waals surface area contributed by atoms with E-state index in [0.717, 1.165) is 0 Å². The van der Waals surface area contributed by atoms with Gasteiger partial charge in [0, 0.05) is 25.3 Å². The van der Waals surface area contributed by atoms with Crippen molar-refractivity contribution in [1.29, 1.82) is 5.26 Å². The average molecular weight is 383 g/mol. The molecular formula is C20H24N4O4. The Labute approximate surface area is 164 Å². The minimum atomic E-state index is -0.736. The summed E-state index contributed by atoms with van der Waals surface area (Å²) in [6, 6.07) is 15.6. The predicted molar refractivity (Wildman–Crippen MR) is 106 cm³/mol. The SMILES string of the molecule is [11CH3]Oc1ccc(NC(=O)NCCNC[C@@H](O)COc2ccccc2C#N)cc1. The van der Waals surface area contributed by atoms with Gasteiger partial charge in [-0.05, 0) is 36.4 Å². The number of nitrogens with one attached hydrogen (secondary N) is 3. The van der Waals surface area contributed by atoms with E-state index in [1.807, 2.05) is 6.07 Å². The third-order valence-corrected chi connectivity index (χ3v) is 3.75. The van der Waals surface area contributed by atoms with Crippen molar-refractivity contribution in [2.75, 3.05) is 38.7 Å². The molecule has 0 heterocycles. The number of para-hydroxylation sites is 1. The lowest BCUT2D eigenvalue weighted by molar-refractivity contribution is 0.106. The Kier molecular flexibility index (Phi) is 8.59. The highest BCUT2D eigenvalue weighted by Gasteiger charge is 2.08. The first-order chi connectivity index (χ1) is 13.6. The van der Waals surface area contributed by atoms with Gasteiger partial charge < -0.3 is 30.5 Å². The molecular weight excluding hydrogens is 359 g/mol. The molecule has 0 fully saturated rings. The number of amides is 2. The third-order valence-electron chi connectivity index (χ3n) is 3.75. The van der Waals surface area contributed by atoms with Crippen molar-refractivity contribution in [1.82, 2.24) is 10.6 Å². The minimum Gasteiger partial charge on any atom is -0.497 e. The fourth-order valence-electron chi connectivity index (χ4n) is 2.31. The summed E-state index contributed by atoms with van der Waals surface area (Å²) in [5.41, 5.74) is 1.09. The van der Waals surface area contributed by atoms with E-state index in [9.17, 15) is 9.90 Å². The van der Waals surface area contributed by atoms with E-state index in [1.54, 1.807) is 55.6 Å². The van der Waals surface area contributed by atoms with Gasteiger partial charge in [-0.1, -0.05) is 12.1 Å². The van der Waals surface area contributed by atoms with Crippen LogP contribution in [0.5, 0.6) is 11.5 Å². The number of methoxy groups -OCH3 is 1. The van der Waals surface area contributed by atoms with Crippen molar-refractivity contribution in [2.24, 2.45) is 0 Å². The van der Waals surface area contributed by atoms with Crippen molar-refractivity contribution >= 4 is 11.7 Å². The van der Waals surface area contributed by atoms with Crippen LogP contribution in [0.15, 0.2) is 48.5 Å². The first-order valence-electron chi connectivity index (χ1n) is 8.82. The second kappa shape index (κ2) is 11.4. The summed E-state index contributed by atoms with van der Waals surface area (Å²) in [6.07, 6.45) is -0.736. The Balaban J connectivity index is 1.57. The number of rotatable bonds is 10. The molecule has 148 valence electrons. The predicted octanol–water partition coefficient (Wildman–Crippen LogP) is 1.72. The highest BCUT2D eigenvalue weighted by Crippen LogP contribution is 2.16. The summed E-state index contributed by atoms with van der Waals surface area (Å²) in [5, 5.41) is 27.4. The first kappa shape index (κ1) is 21.0. The highest BCUT2D eigenvalue weighted by atomic mass is 16.5. The van der Waals surface area contributed by atoms with E-state index in [-0.39, 0.29) is 12.6 Å². The Morgan fingerprint density at radius 3 is 2.64 bits per heavy atom. The van der Waals surface area contributed by atoms with Crippen LogP contribution in [0.2, 0.25) is 0 Å². The summed E-state index contributed by atoms with van der Waals surface area (Å²) >= 11 is 0. The van der Waals surface area contributed by atoms with Crippen LogP contribution >= 0.6 is 0 Å². The van der Waals surface area contributed by atoms with E-state index in [4.69, 9.17) is 14.7 Å². The Morgan fingerprint density at radius 1 is 1.18 bits per heavy atom. The van der Waals surface area contributed by atoms with Gasteiger partial charge in [0.15, 0.2) is 0 Å². The maximum Gasteiger partial charge on any atom is 0.319 e. The van der Waals surface area contributed by atoms with E-state index in [2.05, 4.69) is 16.0 Å². The van der Waals surface area contributed by atoms with Gasteiger partial charge in [0.25, 0.3) is 0 Å². The maximum atomic E-state index is 11.8. The molecule has 2 aromatic carbocycles. The summed E-state index contributed by atoms with van der Waals surface area (Å²) in [4.78, 5) is 11.8. The number of hydrogen-bond acceptors (Lipinski definition) is 6. The molecule has 0 spiro atoms. The van der Waals surface area contributed by atoms with Gasteiger partial charge >= 0.3 is 6.03 Å². The van der Waals surface area contributed by atoms with Crippen molar-refractivity contribution in [2.45, 2.75) is 6.10 Å². The molecule has 0 unspecified atom stereocenters. The van der Waals surface area contributed by atoms with Crippen LogP contribution in [0, 0.1) is 11.3 Å². The number of carbonyl (C=O) groups excluding carboxylic acids is 1. The number of anilines is 1. The standard InChI is InChI=1S/C20H24N4O4/c1-27-18-8-6-16(7-9-18)24-20(26)23-11-10-22-13-17(25)14-28-19-5-3-2-4-15(19)12-21/h2-9,17,22,25H,10-11,13-14H2,1H3,(H2,23,24,26)/t17-/m1/s1/i1-1. The summed E-state index contributed by atoms with van der Waals surface area (Å²) in [7, 11) is 1.58. The van der Waals surface area contributed by atoms with E-state index >= 15 is 0 Å². The van der Waals surface area contributed by atoms with Gasteiger partial charge in [-0.3, -0.25) is 0 Å². The van der Waals surface area contributed by atoms with E-state index < -0.39 is 6.10 Å². The first-order valence-corrected chi connectivity index (χ1v) is 8.82. The zero-order valence-electron chi connectivity index (χ0n) is 15.6. The Morgan fingerprint density at radius 2 is 1.93 bits per heavy atom.